The molecule has 0 atom stereocenters. The van der Waals surface area contributed by atoms with Gasteiger partial charge in [0.05, 0.1) is 15.1 Å². The van der Waals surface area contributed by atoms with Crippen LogP contribution in [0.4, 0.5) is 8.78 Å². The van der Waals surface area contributed by atoms with Crippen LogP contribution in [0.2, 0.25) is 15.1 Å². The molecule has 0 bridgehead atoms. The monoisotopic (exact) mass is 322 g/mol. The third-order valence-electron chi connectivity index (χ3n) is 2.40. The number of benzene rings is 2. The molecule has 2 rings (SSSR count). The lowest BCUT2D eigenvalue weighted by Gasteiger charge is -2.12. The zero-order valence-corrected chi connectivity index (χ0v) is 11.6. The average molecular weight is 324 g/mol. The summed E-state index contributed by atoms with van der Waals surface area (Å²) >= 11 is 17.8. The number of alkyl halides is 2. The van der Waals surface area contributed by atoms with Crippen molar-refractivity contribution in [2.24, 2.45) is 0 Å². The fourth-order valence-electron chi connectivity index (χ4n) is 1.62. The maximum atomic E-state index is 12.4. The van der Waals surface area contributed by atoms with Gasteiger partial charge in [-0.05, 0) is 18.2 Å². The molecule has 100 valence electrons. The fourth-order valence-corrected chi connectivity index (χ4v) is 2.27. The highest BCUT2D eigenvalue weighted by atomic mass is 35.5. The van der Waals surface area contributed by atoms with E-state index in [4.69, 9.17) is 34.8 Å². The van der Waals surface area contributed by atoms with Crippen LogP contribution < -0.4 is 4.74 Å². The van der Waals surface area contributed by atoms with Crippen molar-refractivity contribution in [1.29, 1.82) is 0 Å². The Labute approximate surface area is 123 Å². The van der Waals surface area contributed by atoms with Crippen molar-refractivity contribution in [2.45, 2.75) is 6.61 Å². The van der Waals surface area contributed by atoms with E-state index in [1.54, 1.807) is 18.2 Å². The second-order valence-electron chi connectivity index (χ2n) is 3.62. The van der Waals surface area contributed by atoms with Crippen molar-refractivity contribution < 1.29 is 13.5 Å². The molecule has 0 unspecified atom stereocenters. The Morgan fingerprint density at radius 2 is 1.47 bits per heavy atom. The van der Waals surface area contributed by atoms with Crippen molar-refractivity contribution >= 4 is 34.8 Å². The normalized spacial score (nSPS) is 10.8. The third kappa shape index (κ3) is 3.30. The highest BCUT2D eigenvalue weighted by Gasteiger charge is 2.14. The first kappa shape index (κ1) is 14.4. The quantitative estimate of drug-likeness (QED) is 0.637. The van der Waals surface area contributed by atoms with E-state index in [2.05, 4.69) is 4.74 Å². The van der Waals surface area contributed by atoms with Crippen LogP contribution in [-0.2, 0) is 0 Å². The summed E-state index contributed by atoms with van der Waals surface area (Å²) in [4.78, 5) is 0. The first-order valence-electron chi connectivity index (χ1n) is 5.18. The number of halogens is 5. The third-order valence-corrected chi connectivity index (χ3v) is 3.44. The maximum absolute atomic E-state index is 12.4. The lowest BCUT2D eigenvalue weighted by Crippen LogP contribution is -2.03. The summed E-state index contributed by atoms with van der Waals surface area (Å²) in [5.74, 6) is 0.0257. The zero-order valence-electron chi connectivity index (χ0n) is 9.34. The molecular weight excluding hydrogens is 316 g/mol. The molecular formula is C13H7Cl3F2O. The fraction of sp³-hybridized carbons (Fsp3) is 0.0769. The minimum absolute atomic E-state index is 0.0257. The molecule has 0 spiro atoms. The van der Waals surface area contributed by atoms with Gasteiger partial charge >= 0.3 is 6.61 Å². The molecule has 0 saturated heterocycles. The van der Waals surface area contributed by atoms with E-state index in [0.29, 0.717) is 21.2 Å². The van der Waals surface area contributed by atoms with E-state index >= 15 is 0 Å². The van der Waals surface area contributed by atoms with Crippen LogP contribution in [0, 0.1) is 0 Å². The SMILES string of the molecule is FC(F)Oc1ccccc1-c1cc(Cl)c(Cl)cc1Cl. The predicted octanol–water partition coefficient (Wildman–Crippen LogP) is 5.92. The topological polar surface area (TPSA) is 9.23 Å². The first-order chi connectivity index (χ1) is 8.99. The molecule has 0 radical (unpaired) electrons. The van der Waals surface area contributed by atoms with Gasteiger partial charge in [-0.2, -0.15) is 8.78 Å². The van der Waals surface area contributed by atoms with E-state index < -0.39 is 6.61 Å². The number of rotatable bonds is 3. The molecule has 0 aliphatic heterocycles. The second kappa shape index (κ2) is 5.95. The highest BCUT2D eigenvalue weighted by Crippen LogP contribution is 2.39. The molecule has 2 aromatic rings. The summed E-state index contributed by atoms with van der Waals surface area (Å²) in [5, 5.41) is 0.885. The standard InChI is InChI=1S/C13H7Cl3F2O/c14-9-6-11(16)10(15)5-8(9)7-3-1-2-4-12(7)19-13(17)18/h1-6,13H. The Bertz CT molecular complexity index is 602. The van der Waals surface area contributed by atoms with Crippen molar-refractivity contribution in [3.8, 4) is 16.9 Å². The van der Waals surface area contributed by atoms with Crippen molar-refractivity contribution in [3.05, 3.63) is 51.5 Å². The Kier molecular flexibility index (Phi) is 4.50. The molecule has 0 aliphatic rings. The molecule has 0 fully saturated rings. The number of hydrogen-bond donors (Lipinski definition) is 0. The van der Waals surface area contributed by atoms with Gasteiger partial charge in [0, 0.05) is 11.1 Å². The smallest absolute Gasteiger partial charge is 0.387 e. The highest BCUT2D eigenvalue weighted by molar-refractivity contribution is 6.44. The van der Waals surface area contributed by atoms with Gasteiger partial charge in [0.2, 0.25) is 0 Å². The van der Waals surface area contributed by atoms with Gasteiger partial charge in [-0.1, -0.05) is 53.0 Å². The largest absolute Gasteiger partial charge is 0.434 e. The average Bonchev–Trinajstić information content (AvgIpc) is 2.34. The van der Waals surface area contributed by atoms with Gasteiger partial charge in [-0.25, -0.2) is 0 Å². The van der Waals surface area contributed by atoms with Crippen LogP contribution in [0.25, 0.3) is 11.1 Å². The van der Waals surface area contributed by atoms with Crippen molar-refractivity contribution in [3.63, 3.8) is 0 Å². The van der Waals surface area contributed by atoms with E-state index in [1.165, 1.54) is 18.2 Å². The summed E-state index contributed by atoms with van der Waals surface area (Å²) in [6, 6.07) is 9.29. The lowest BCUT2D eigenvalue weighted by atomic mass is 10.0. The molecule has 2 aromatic carbocycles. The summed E-state index contributed by atoms with van der Waals surface area (Å²) < 4.78 is 29.2. The summed E-state index contributed by atoms with van der Waals surface area (Å²) in [6.07, 6.45) is 0. The van der Waals surface area contributed by atoms with Gasteiger partial charge in [-0.3, -0.25) is 0 Å². The Morgan fingerprint density at radius 3 is 2.16 bits per heavy atom. The van der Waals surface area contributed by atoms with Gasteiger partial charge in [0.25, 0.3) is 0 Å². The molecule has 0 saturated carbocycles. The molecule has 6 heteroatoms. The van der Waals surface area contributed by atoms with E-state index in [0.717, 1.165) is 0 Å². The second-order valence-corrected chi connectivity index (χ2v) is 4.84. The molecule has 0 aromatic heterocycles. The van der Waals surface area contributed by atoms with Crippen molar-refractivity contribution in [1.82, 2.24) is 0 Å². The Balaban J connectivity index is 2.56. The van der Waals surface area contributed by atoms with Crippen LogP contribution in [-0.4, -0.2) is 6.61 Å². The minimum Gasteiger partial charge on any atom is -0.434 e. The van der Waals surface area contributed by atoms with Crippen LogP contribution in [0.5, 0.6) is 5.75 Å². The van der Waals surface area contributed by atoms with E-state index in [1.807, 2.05) is 0 Å². The number of para-hydroxylation sites is 1. The van der Waals surface area contributed by atoms with E-state index in [-0.39, 0.29) is 10.8 Å². The molecule has 0 N–H and O–H groups in total. The Morgan fingerprint density at radius 1 is 0.842 bits per heavy atom. The van der Waals surface area contributed by atoms with Gasteiger partial charge in [-0.15, -0.1) is 0 Å². The maximum Gasteiger partial charge on any atom is 0.387 e. The zero-order chi connectivity index (χ0) is 14.0. The number of hydrogen-bond acceptors (Lipinski definition) is 1. The van der Waals surface area contributed by atoms with Gasteiger partial charge < -0.3 is 4.74 Å². The predicted molar refractivity (Wildman–Crippen MR) is 73.5 cm³/mol. The molecule has 0 aliphatic carbocycles. The molecule has 1 nitrogen and oxygen atoms in total. The first-order valence-corrected chi connectivity index (χ1v) is 6.31. The molecule has 0 amide bonds. The minimum atomic E-state index is -2.91. The van der Waals surface area contributed by atoms with Gasteiger partial charge in [0.15, 0.2) is 0 Å². The molecule has 0 heterocycles. The van der Waals surface area contributed by atoms with Crippen molar-refractivity contribution in [2.75, 3.05) is 0 Å². The summed E-state index contributed by atoms with van der Waals surface area (Å²) in [6.45, 7) is -2.91. The summed E-state index contributed by atoms with van der Waals surface area (Å²) in [7, 11) is 0. The lowest BCUT2D eigenvalue weighted by molar-refractivity contribution is -0.0494. The van der Waals surface area contributed by atoms with Gasteiger partial charge in [0.1, 0.15) is 5.75 Å². The molecule has 19 heavy (non-hydrogen) atoms. The van der Waals surface area contributed by atoms with Crippen LogP contribution in [0.3, 0.4) is 0 Å². The van der Waals surface area contributed by atoms with Crippen LogP contribution in [0.15, 0.2) is 36.4 Å². The van der Waals surface area contributed by atoms with Crippen LogP contribution >= 0.6 is 34.8 Å². The van der Waals surface area contributed by atoms with E-state index in [9.17, 15) is 8.78 Å². The van der Waals surface area contributed by atoms with Crippen LogP contribution in [0.1, 0.15) is 0 Å². The summed E-state index contributed by atoms with van der Waals surface area (Å²) in [5.41, 5.74) is 0.902. The number of ether oxygens (including phenoxy) is 1. The Hall–Kier alpha value is -1.03.